The number of benzene rings is 1. The maximum Gasteiger partial charge on any atom is 0.316 e. The zero-order valence-electron chi connectivity index (χ0n) is 16.2. The Labute approximate surface area is 172 Å². The van der Waals surface area contributed by atoms with E-state index < -0.39 is 5.92 Å². The van der Waals surface area contributed by atoms with Gasteiger partial charge in [0.15, 0.2) is 0 Å². The van der Waals surface area contributed by atoms with Crippen LogP contribution in [0.1, 0.15) is 40.4 Å². The topological polar surface area (TPSA) is 84.6 Å². The van der Waals surface area contributed by atoms with Crippen LogP contribution in [0.2, 0.25) is 0 Å². The van der Waals surface area contributed by atoms with Crippen molar-refractivity contribution in [3.63, 3.8) is 0 Å². The van der Waals surface area contributed by atoms with E-state index in [4.69, 9.17) is 4.74 Å². The number of nitrogens with zero attached hydrogens (tertiary/aromatic N) is 5. The number of pyridine rings is 1. The fourth-order valence-corrected chi connectivity index (χ4v) is 3.94. The second kappa shape index (κ2) is 8.33. The minimum absolute atomic E-state index is 0.248. The maximum atomic E-state index is 9.76. The normalized spacial score (nSPS) is 11.9. The summed E-state index contributed by atoms with van der Waals surface area (Å²) in [5.74, 6) is -0.594. The van der Waals surface area contributed by atoms with Crippen LogP contribution in [0.15, 0.2) is 48.7 Å². The highest BCUT2D eigenvalue weighted by molar-refractivity contribution is 7.18. The Hall–Kier alpha value is -3.37. The van der Waals surface area contributed by atoms with Crippen LogP contribution < -0.4 is 4.74 Å². The van der Waals surface area contributed by atoms with E-state index in [9.17, 15) is 5.26 Å². The second-order valence-corrected chi connectivity index (χ2v) is 7.62. The molecule has 0 aliphatic heterocycles. The van der Waals surface area contributed by atoms with Gasteiger partial charge >= 0.3 is 6.01 Å². The van der Waals surface area contributed by atoms with Gasteiger partial charge in [-0.3, -0.25) is 0 Å². The molecule has 0 amide bonds. The third-order valence-corrected chi connectivity index (χ3v) is 5.57. The molecule has 1 unspecified atom stereocenters. The van der Waals surface area contributed by atoms with Crippen LogP contribution in [0.4, 0.5) is 0 Å². The fourth-order valence-electron chi connectivity index (χ4n) is 2.90. The van der Waals surface area contributed by atoms with E-state index in [-0.39, 0.29) is 6.01 Å². The number of hydrogen-bond acceptors (Lipinski definition) is 7. The Kier molecular flexibility index (Phi) is 5.45. The summed E-state index contributed by atoms with van der Waals surface area (Å²) >= 11 is 1.41. The molecule has 0 bridgehead atoms. The summed E-state index contributed by atoms with van der Waals surface area (Å²) in [5, 5.41) is 10.4. The zero-order valence-corrected chi connectivity index (χ0v) is 17.0. The summed E-state index contributed by atoms with van der Waals surface area (Å²) < 4.78 is 5.75. The van der Waals surface area contributed by atoms with Crippen molar-refractivity contribution in [3.05, 3.63) is 76.2 Å². The van der Waals surface area contributed by atoms with Crippen LogP contribution in [0, 0.1) is 18.3 Å². The smallest absolute Gasteiger partial charge is 0.316 e. The van der Waals surface area contributed by atoms with Crippen molar-refractivity contribution < 1.29 is 4.74 Å². The molecule has 144 valence electrons. The standard InChI is InChI=1S/C22H19N5OS/c1-3-15-5-7-16(8-6-15)13-28-22-24-11-10-18(27-22)17(12-23)20-26-19-9-4-14(2)25-21(19)29-20/h4-11,17H,3,13H2,1-2H3. The van der Waals surface area contributed by atoms with E-state index in [0.29, 0.717) is 17.3 Å². The third-order valence-electron chi connectivity index (χ3n) is 4.54. The van der Waals surface area contributed by atoms with Crippen molar-refractivity contribution >= 4 is 21.7 Å². The lowest BCUT2D eigenvalue weighted by Crippen LogP contribution is -2.05. The van der Waals surface area contributed by atoms with Crippen molar-refractivity contribution in [1.29, 1.82) is 5.26 Å². The second-order valence-electron chi connectivity index (χ2n) is 6.61. The lowest BCUT2D eigenvalue weighted by atomic mass is 10.1. The summed E-state index contributed by atoms with van der Waals surface area (Å²) in [4.78, 5) is 18.5. The minimum atomic E-state index is -0.594. The number of nitriles is 1. The molecular weight excluding hydrogens is 382 g/mol. The first-order chi connectivity index (χ1) is 14.2. The van der Waals surface area contributed by atoms with Gasteiger partial charge in [-0.15, -0.1) is 0 Å². The molecule has 3 aromatic heterocycles. The van der Waals surface area contributed by atoms with E-state index in [2.05, 4.69) is 45.1 Å². The van der Waals surface area contributed by atoms with Gasteiger partial charge in [0.25, 0.3) is 0 Å². The summed E-state index contributed by atoms with van der Waals surface area (Å²) in [6.45, 7) is 4.43. The van der Waals surface area contributed by atoms with E-state index in [1.54, 1.807) is 12.3 Å². The highest BCUT2D eigenvalue weighted by atomic mass is 32.1. The highest BCUT2D eigenvalue weighted by Gasteiger charge is 2.21. The monoisotopic (exact) mass is 401 g/mol. The quantitative estimate of drug-likeness (QED) is 0.470. The van der Waals surface area contributed by atoms with Crippen LogP contribution in [-0.2, 0) is 13.0 Å². The number of ether oxygens (including phenoxy) is 1. The highest BCUT2D eigenvalue weighted by Crippen LogP contribution is 2.30. The Bertz CT molecular complexity index is 1180. The molecule has 29 heavy (non-hydrogen) atoms. The van der Waals surface area contributed by atoms with Gasteiger partial charge in [0.1, 0.15) is 27.9 Å². The van der Waals surface area contributed by atoms with Crippen LogP contribution in [-0.4, -0.2) is 19.9 Å². The number of rotatable bonds is 6. The molecule has 4 rings (SSSR count). The van der Waals surface area contributed by atoms with E-state index in [0.717, 1.165) is 28.0 Å². The van der Waals surface area contributed by atoms with Crippen molar-refractivity contribution in [3.8, 4) is 12.1 Å². The molecule has 1 aromatic carbocycles. The van der Waals surface area contributed by atoms with Gasteiger partial charge < -0.3 is 4.74 Å². The Morgan fingerprint density at radius 1 is 1.03 bits per heavy atom. The molecular formula is C22H19N5OS. The number of hydrogen-bond donors (Lipinski definition) is 0. The van der Waals surface area contributed by atoms with Gasteiger partial charge in [0, 0.05) is 11.9 Å². The summed E-state index contributed by atoms with van der Waals surface area (Å²) in [6, 6.07) is 16.4. The van der Waals surface area contributed by atoms with E-state index >= 15 is 0 Å². The summed E-state index contributed by atoms with van der Waals surface area (Å²) in [6.07, 6.45) is 2.61. The zero-order chi connectivity index (χ0) is 20.2. The Morgan fingerprint density at radius 2 is 1.83 bits per heavy atom. The summed E-state index contributed by atoms with van der Waals surface area (Å²) in [5.41, 5.74) is 4.60. The largest absolute Gasteiger partial charge is 0.459 e. The predicted octanol–water partition coefficient (Wildman–Crippen LogP) is 4.59. The van der Waals surface area contributed by atoms with Crippen molar-refractivity contribution in [2.24, 2.45) is 0 Å². The molecule has 0 aliphatic carbocycles. The van der Waals surface area contributed by atoms with Gasteiger partial charge in [-0.1, -0.05) is 42.5 Å². The van der Waals surface area contributed by atoms with Gasteiger partial charge in [0.2, 0.25) is 0 Å². The molecule has 0 radical (unpaired) electrons. The van der Waals surface area contributed by atoms with Crippen LogP contribution in [0.25, 0.3) is 10.3 Å². The van der Waals surface area contributed by atoms with Gasteiger partial charge in [-0.25, -0.2) is 15.0 Å². The lowest BCUT2D eigenvalue weighted by Gasteiger charge is -2.08. The van der Waals surface area contributed by atoms with Gasteiger partial charge in [-0.2, -0.15) is 10.2 Å². The van der Waals surface area contributed by atoms with Crippen LogP contribution >= 0.6 is 11.3 Å². The molecule has 7 heteroatoms. The Morgan fingerprint density at radius 3 is 2.59 bits per heavy atom. The average molecular weight is 401 g/mol. The minimum Gasteiger partial charge on any atom is -0.459 e. The number of aromatic nitrogens is 4. The molecule has 6 nitrogen and oxygen atoms in total. The molecule has 0 fully saturated rings. The predicted molar refractivity (Wildman–Crippen MR) is 112 cm³/mol. The number of aryl methyl sites for hydroxylation is 2. The molecule has 0 spiro atoms. The van der Waals surface area contributed by atoms with E-state index in [1.165, 1.54) is 16.9 Å². The summed E-state index contributed by atoms with van der Waals surface area (Å²) in [7, 11) is 0. The first kappa shape index (κ1) is 19.0. The third kappa shape index (κ3) is 4.23. The lowest BCUT2D eigenvalue weighted by molar-refractivity contribution is 0.279. The van der Waals surface area contributed by atoms with Crippen molar-refractivity contribution in [1.82, 2.24) is 19.9 Å². The van der Waals surface area contributed by atoms with E-state index in [1.807, 2.05) is 31.2 Å². The fraction of sp³-hybridized carbons (Fsp3) is 0.227. The molecule has 3 heterocycles. The Balaban J connectivity index is 1.54. The average Bonchev–Trinajstić information content (AvgIpc) is 3.16. The van der Waals surface area contributed by atoms with Gasteiger partial charge in [-0.05, 0) is 42.7 Å². The van der Waals surface area contributed by atoms with Crippen molar-refractivity contribution in [2.75, 3.05) is 0 Å². The molecule has 0 saturated heterocycles. The molecule has 0 N–H and O–H groups in total. The number of thiazole rings is 1. The molecule has 0 saturated carbocycles. The van der Waals surface area contributed by atoms with Crippen LogP contribution in [0.5, 0.6) is 6.01 Å². The molecule has 1 atom stereocenters. The maximum absolute atomic E-state index is 9.76. The first-order valence-electron chi connectivity index (χ1n) is 9.33. The molecule has 4 aromatic rings. The first-order valence-corrected chi connectivity index (χ1v) is 10.1. The molecule has 0 aliphatic rings. The van der Waals surface area contributed by atoms with Crippen LogP contribution in [0.3, 0.4) is 0 Å². The SMILES string of the molecule is CCc1ccc(COc2nccc(C(C#N)c3nc4ccc(C)nc4s3)n2)cc1. The van der Waals surface area contributed by atoms with Crippen molar-refractivity contribution in [2.45, 2.75) is 32.8 Å². The number of fused-ring (bicyclic) bond motifs is 1. The van der Waals surface area contributed by atoms with Gasteiger partial charge in [0.05, 0.1) is 11.8 Å².